The van der Waals surface area contributed by atoms with Gasteiger partial charge in [-0.05, 0) is 24.8 Å². The highest BCUT2D eigenvalue weighted by atomic mass is 32.2. The maximum Gasteiger partial charge on any atom is 0.232 e. The van der Waals surface area contributed by atoms with Crippen molar-refractivity contribution in [3.05, 3.63) is 0 Å². The van der Waals surface area contributed by atoms with Gasteiger partial charge in [-0.3, -0.25) is 9.10 Å². The van der Waals surface area contributed by atoms with E-state index in [9.17, 15) is 4.79 Å². The highest BCUT2D eigenvalue weighted by Gasteiger charge is 2.17. The van der Waals surface area contributed by atoms with E-state index in [1.165, 1.54) is 0 Å². The summed E-state index contributed by atoms with van der Waals surface area (Å²) in [6, 6.07) is 0. The van der Waals surface area contributed by atoms with Gasteiger partial charge in [0.2, 0.25) is 5.91 Å². The van der Waals surface area contributed by atoms with E-state index in [0.29, 0.717) is 6.61 Å². The average molecular weight is 189 g/mol. The van der Waals surface area contributed by atoms with Gasteiger partial charge in [-0.25, -0.2) is 0 Å². The van der Waals surface area contributed by atoms with Crippen molar-refractivity contribution in [2.24, 2.45) is 0 Å². The molecule has 0 saturated carbocycles. The van der Waals surface area contributed by atoms with Crippen LogP contribution in [0.25, 0.3) is 0 Å². The molecule has 0 bridgehead atoms. The molecule has 1 heterocycles. The number of amides is 1. The van der Waals surface area contributed by atoms with Crippen LogP contribution in [0.15, 0.2) is 0 Å². The third-order valence-corrected chi connectivity index (χ3v) is 2.86. The van der Waals surface area contributed by atoms with E-state index in [1.54, 1.807) is 19.1 Å². The van der Waals surface area contributed by atoms with Crippen molar-refractivity contribution in [2.75, 3.05) is 26.0 Å². The quantitative estimate of drug-likeness (QED) is 0.493. The molecule has 0 spiro atoms. The minimum absolute atomic E-state index is 0.280. The summed E-state index contributed by atoms with van der Waals surface area (Å²) in [7, 11) is 1.68. The highest BCUT2D eigenvalue weighted by molar-refractivity contribution is 7.97. The summed E-state index contributed by atoms with van der Waals surface area (Å²) < 4.78 is 6.77. The first-order valence-corrected chi connectivity index (χ1v) is 5.21. The van der Waals surface area contributed by atoms with E-state index in [1.807, 2.05) is 4.31 Å². The lowest BCUT2D eigenvalue weighted by molar-refractivity contribution is -0.127. The SMILES string of the molecule is COCCSN1CCCCC1=O. The minimum atomic E-state index is 0.280. The molecule has 0 aromatic carbocycles. The maximum atomic E-state index is 11.3. The largest absolute Gasteiger partial charge is 0.384 e. The predicted octanol–water partition coefficient (Wildman–Crippen LogP) is 1.29. The molecule has 0 atom stereocenters. The molecule has 1 rings (SSSR count). The van der Waals surface area contributed by atoms with Crippen LogP contribution in [0.4, 0.5) is 0 Å². The van der Waals surface area contributed by atoms with E-state index in [-0.39, 0.29) is 5.91 Å². The Morgan fingerprint density at radius 2 is 2.42 bits per heavy atom. The van der Waals surface area contributed by atoms with Gasteiger partial charge in [-0.15, -0.1) is 0 Å². The fourth-order valence-corrected chi connectivity index (χ4v) is 2.10. The van der Waals surface area contributed by atoms with Crippen LogP contribution in [0.2, 0.25) is 0 Å². The zero-order valence-corrected chi connectivity index (χ0v) is 8.23. The number of methoxy groups -OCH3 is 1. The second-order valence-electron chi connectivity index (χ2n) is 2.78. The van der Waals surface area contributed by atoms with Crippen LogP contribution in [0, 0.1) is 0 Å². The van der Waals surface area contributed by atoms with Crippen molar-refractivity contribution < 1.29 is 9.53 Å². The number of hydrogen-bond donors (Lipinski definition) is 0. The van der Waals surface area contributed by atoms with Gasteiger partial charge in [-0.1, -0.05) is 0 Å². The molecule has 12 heavy (non-hydrogen) atoms. The van der Waals surface area contributed by atoms with Crippen molar-refractivity contribution >= 4 is 17.9 Å². The molecule has 70 valence electrons. The minimum Gasteiger partial charge on any atom is -0.384 e. The molecular weight excluding hydrogens is 174 g/mol. The van der Waals surface area contributed by atoms with E-state index < -0.39 is 0 Å². The van der Waals surface area contributed by atoms with Crippen LogP contribution in [-0.2, 0) is 9.53 Å². The third kappa shape index (κ3) is 3.03. The molecule has 0 unspecified atom stereocenters. The van der Waals surface area contributed by atoms with Crippen molar-refractivity contribution in [2.45, 2.75) is 19.3 Å². The van der Waals surface area contributed by atoms with E-state index in [2.05, 4.69) is 0 Å². The summed E-state index contributed by atoms with van der Waals surface area (Å²) in [6.07, 6.45) is 2.92. The number of hydrogen-bond acceptors (Lipinski definition) is 3. The summed E-state index contributed by atoms with van der Waals surface area (Å²) in [5, 5.41) is 0. The fourth-order valence-electron chi connectivity index (χ4n) is 1.15. The van der Waals surface area contributed by atoms with Gasteiger partial charge < -0.3 is 4.74 Å². The Balaban J connectivity index is 2.16. The van der Waals surface area contributed by atoms with E-state index >= 15 is 0 Å². The summed E-state index contributed by atoms with van der Waals surface area (Å²) >= 11 is 1.59. The first kappa shape index (κ1) is 9.86. The summed E-state index contributed by atoms with van der Waals surface area (Å²) in [5.41, 5.74) is 0. The number of rotatable bonds is 4. The smallest absolute Gasteiger partial charge is 0.232 e. The molecule has 0 radical (unpaired) electrons. The third-order valence-electron chi connectivity index (χ3n) is 1.81. The zero-order valence-electron chi connectivity index (χ0n) is 7.41. The number of carbonyl (C=O) groups is 1. The molecule has 0 N–H and O–H groups in total. The van der Waals surface area contributed by atoms with Gasteiger partial charge in [0.25, 0.3) is 0 Å². The lowest BCUT2D eigenvalue weighted by atomic mass is 10.2. The monoisotopic (exact) mass is 189 g/mol. The van der Waals surface area contributed by atoms with Gasteiger partial charge in [0, 0.05) is 25.8 Å². The number of ether oxygens (including phenoxy) is 1. The lowest BCUT2D eigenvalue weighted by Gasteiger charge is -2.24. The lowest BCUT2D eigenvalue weighted by Crippen LogP contribution is -2.29. The fraction of sp³-hybridized carbons (Fsp3) is 0.875. The Morgan fingerprint density at radius 3 is 3.08 bits per heavy atom. The van der Waals surface area contributed by atoms with Crippen LogP contribution in [-0.4, -0.2) is 36.2 Å². The number of piperidine rings is 1. The molecule has 3 nitrogen and oxygen atoms in total. The van der Waals surface area contributed by atoms with Gasteiger partial charge >= 0.3 is 0 Å². The molecule has 1 amide bonds. The summed E-state index contributed by atoms with van der Waals surface area (Å²) in [6.45, 7) is 1.63. The molecule has 1 saturated heterocycles. The maximum absolute atomic E-state index is 11.3. The van der Waals surface area contributed by atoms with Gasteiger partial charge in [0.05, 0.1) is 6.61 Å². The average Bonchev–Trinajstić information content (AvgIpc) is 2.09. The molecule has 4 heteroatoms. The van der Waals surface area contributed by atoms with Crippen molar-refractivity contribution in [1.29, 1.82) is 0 Å². The van der Waals surface area contributed by atoms with Crippen molar-refractivity contribution in [3.8, 4) is 0 Å². The second kappa shape index (κ2) is 5.43. The molecule has 1 aliphatic rings. The predicted molar refractivity (Wildman–Crippen MR) is 49.9 cm³/mol. The topological polar surface area (TPSA) is 29.5 Å². The van der Waals surface area contributed by atoms with Gasteiger partial charge in [-0.2, -0.15) is 0 Å². The van der Waals surface area contributed by atoms with Crippen molar-refractivity contribution in [1.82, 2.24) is 4.31 Å². The van der Waals surface area contributed by atoms with Crippen LogP contribution < -0.4 is 0 Å². The van der Waals surface area contributed by atoms with Gasteiger partial charge in [0.15, 0.2) is 0 Å². The standard InChI is InChI=1S/C8H15NO2S/c1-11-6-7-12-9-5-3-2-4-8(9)10/h2-7H2,1H3. The Hall–Kier alpha value is -0.220. The normalized spacial score (nSPS) is 18.4. The molecule has 1 aliphatic heterocycles. The Labute approximate surface area is 77.6 Å². The zero-order chi connectivity index (χ0) is 8.81. The van der Waals surface area contributed by atoms with E-state index in [0.717, 1.165) is 31.6 Å². The van der Waals surface area contributed by atoms with Crippen LogP contribution in [0.5, 0.6) is 0 Å². The van der Waals surface area contributed by atoms with Crippen molar-refractivity contribution in [3.63, 3.8) is 0 Å². The number of carbonyl (C=O) groups excluding carboxylic acids is 1. The first-order chi connectivity index (χ1) is 5.84. The highest BCUT2D eigenvalue weighted by Crippen LogP contribution is 2.18. The van der Waals surface area contributed by atoms with Gasteiger partial charge in [0.1, 0.15) is 0 Å². The Bertz CT molecular complexity index is 152. The van der Waals surface area contributed by atoms with Crippen LogP contribution in [0.1, 0.15) is 19.3 Å². The van der Waals surface area contributed by atoms with Crippen LogP contribution >= 0.6 is 11.9 Å². The molecule has 0 aliphatic carbocycles. The van der Waals surface area contributed by atoms with E-state index in [4.69, 9.17) is 4.74 Å². The molecule has 0 aromatic heterocycles. The second-order valence-corrected chi connectivity index (χ2v) is 3.89. The first-order valence-electron chi connectivity index (χ1n) is 4.27. The molecule has 0 aromatic rings. The molecule has 1 fully saturated rings. The summed E-state index contributed by atoms with van der Waals surface area (Å²) in [5.74, 6) is 1.16. The molecular formula is C8H15NO2S. The Morgan fingerprint density at radius 1 is 1.58 bits per heavy atom. The number of nitrogens with zero attached hydrogens (tertiary/aromatic N) is 1. The Kier molecular flexibility index (Phi) is 4.46. The summed E-state index contributed by atoms with van der Waals surface area (Å²) in [4.78, 5) is 11.3. The van der Waals surface area contributed by atoms with Crippen LogP contribution in [0.3, 0.4) is 0 Å².